The molecule has 6 heteroatoms. The number of hydrogen-bond acceptors (Lipinski definition) is 3. The minimum absolute atomic E-state index is 0.170. The zero-order valence-corrected chi connectivity index (χ0v) is 10.8. The molecular formula is C12H18F3N3. The lowest BCUT2D eigenvalue weighted by atomic mass is 10.1. The second-order valence-electron chi connectivity index (χ2n) is 4.58. The number of hydrogen-bond donors (Lipinski definition) is 1. The molecule has 0 saturated heterocycles. The van der Waals surface area contributed by atoms with E-state index in [4.69, 9.17) is 0 Å². The quantitative estimate of drug-likeness (QED) is 0.884. The molecule has 0 atom stereocenters. The Labute approximate surface area is 105 Å². The van der Waals surface area contributed by atoms with Crippen molar-refractivity contribution in [3.05, 3.63) is 17.6 Å². The Bertz CT molecular complexity index is 389. The highest BCUT2D eigenvalue weighted by Gasteiger charge is 2.29. The number of nitrogens with zero attached hydrogens (tertiary/aromatic N) is 2. The van der Waals surface area contributed by atoms with Crippen LogP contribution in [0.4, 0.5) is 19.0 Å². The zero-order chi connectivity index (χ0) is 13.8. The largest absolute Gasteiger partial charge is 0.396 e. The van der Waals surface area contributed by atoms with Gasteiger partial charge >= 0.3 is 6.18 Å². The second-order valence-corrected chi connectivity index (χ2v) is 4.58. The highest BCUT2D eigenvalue weighted by molar-refractivity contribution is 5.36. The van der Waals surface area contributed by atoms with Gasteiger partial charge in [0.25, 0.3) is 0 Å². The van der Waals surface area contributed by atoms with E-state index in [1.807, 2.05) is 20.8 Å². The van der Waals surface area contributed by atoms with Gasteiger partial charge in [0.2, 0.25) is 0 Å². The van der Waals surface area contributed by atoms with Crippen LogP contribution in [-0.2, 0) is 12.8 Å². The summed E-state index contributed by atoms with van der Waals surface area (Å²) in [6.07, 6.45) is -4.72. The molecule has 0 fully saturated rings. The van der Waals surface area contributed by atoms with Gasteiger partial charge in [-0.1, -0.05) is 13.8 Å². The van der Waals surface area contributed by atoms with Gasteiger partial charge in [-0.2, -0.15) is 13.2 Å². The minimum Gasteiger partial charge on any atom is -0.370 e. The second kappa shape index (κ2) is 6.02. The van der Waals surface area contributed by atoms with Crippen LogP contribution < -0.4 is 5.32 Å². The van der Waals surface area contributed by atoms with Crippen LogP contribution in [-0.4, -0.2) is 22.7 Å². The van der Waals surface area contributed by atoms with E-state index in [-0.39, 0.29) is 5.82 Å². The van der Waals surface area contributed by atoms with Crippen LogP contribution in [0.5, 0.6) is 0 Å². The number of alkyl halides is 3. The van der Waals surface area contributed by atoms with Gasteiger partial charge in [0.1, 0.15) is 18.1 Å². The normalized spacial score (nSPS) is 11.9. The van der Waals surface area contributed by atoms with Crippen LogP contribution in [0.25, 0.3) is 0 Å². The zero-order valence-electron chi connectivity index (χ0n) is 10.8. The summed E-state index contributed by atoms with van der Waals surface area (Å²) in [5, 5.41) is 2.93. The number of aromatic nitrogens is 2. The van der Waals surface area contributed by atoms with Crippen molar-refractivity contribution in [1.29, 1.82) is 0 Å². The first-order valence-electron chi connectivity index (χ1n) is 5.97. The molecule has 0 aliphatic heterocycles. The Morgan fingerprint density at radius 3 is 2.44 bits per heavy atom. The molecule has 1 N–H and O–H groups in total. The predicted molar refractivity (Wildman–Crippen MR) is 64.5 cm³/mol. The molecule has 0 saturated carbocycles. The van der Waals surface area contributed by atoms with Gasteiger partial charge in [0.05, 0.1) is 0 Å². The lowest BCUT2D eigenvalue weighted by Gasteiger charge is -2.11. The van der Waals surface area contributed by atoms with E-state index in [1.165, 1.54) is 0 Å². The maximum absolute atomic E-state index is 12.4. The average molecular weight is 261 g/mol. The first-order valence-corrected chi connectivity index (χ1v) is 5.97. The van der Waals surface area contributed by atoms with Gasteiger partial charge < -0.3 is 5.32 Å². The van der Waals surface area contributed by atoms with Crippen molar-refractivity contribution in [3.8, 4) is 0 Å². The van der Waals surface area contributed by atoms with Crippen LogP contribution >= 0.6 is 0 Å². The van der Waals surface area contributed by atoms with E-state index in [1.54, 1.807) is 6.07 Å². The average Bonchev–Trinajstić information content (AvgIpc) is 2.12. The molecule has 0 aromatic carbocycles. The summed E-state index contributed by atoms with van der Waals surface area (Å²) in [6, 6.07) is 1.71. The minimum atomic E-state index is -4.28. The molecule has 18 heavy (non-hydrogen) atoms. The molecule has 0 aliphatic rings. The molecule has 0 spiro atoms. The van der Waals surface area contributed by atoms with Crippen molar-refractivity contribution in [1.82, 2.24) is 9.97 Å². The van der Waals surface area contributed by atoms with Gasteiger partial charge in [0, 0.05) is 18.3 Å². The van der Waals surface area contributed by atoms with E-state index in [9.17, 15) is 13.2 Å². The fourth-order valence-electron chi connectivity index (χ4n) is 1.61. The molecular weight excluding hydrogens is 243 g/mol. The van der Waals surface area contributed by atoms with Crippen molar-refractivity contribution >= 4 is 5.82 Å². The molecule has 0 bridgehead atoms. The third-order valence-corrected chi connectivity index (χ3v) is 2.16. The molecule has 0 aliphatic carbocycles. The van der Waals surface area contributed by atoms with Crippen molar-refractivity contribution in [2.75, 3.05) is 11.9 Å². The number of rotatable bonds is 5. The molecule has 1 rings (SSSR count). The SMILES string of the molecule is CCNc1cc(CC(C)C)nc(CC(F)(F)F)n1. The summed E-state index contributed by atoms with van der Waals surface area (Å²) < 4.78 is 37.1. The molecule has 0 radical (unpaired) electrons. The monoisotopic (exact) mass is 261 g/mol. The number of anilines is 1. The molecule has 0 amide bonds. The Morgan fingerprint density at radius 2 is 1.94 bits per heavy atom. The lowest BCUT2D eigenvalue weighted by molar-refractivity contribution is -0.128. The third kappa shape index (κ3) is 5.33. The van der Waals surface area contributed by atoms with Gasteiger partial charge in [-0.15, -0.1) is 0 Å². The fraction of sp³-hybridized carbons (Fsp3) is 0.667. The lowest BCUT2D eigenvalue weighted by Crippen LogP contribution is -2.16. The summed E-state index contributed by atoms with van der Waals surface area (Å²) in [4.78, 5) is 7.84. The van der Waals surface area contributed by atoms with Crippen LogP contribution in [0.3, 0.4) is 0 Å². The third-order valence-electron chi connectivity index (χ3n) is 2.16. The Morgan fingerprint density at radius 1 is 1.28 bits per heavy atom. The molecule has 102 valence electrons. The Balaban J connectivity index is 2.97. The van der Waals surface area contributed by atoms with Crippen molar-refractivity contribution in [3.63, 3.8) is 0 Å². The van der Waals surface area contributed by atoms with E-state index in [0.717, 1.165) is 0 Å². The molecule has 3 nitrogen and oxygen atoms in total. The van der Waals surface area contributed by atoms with Crippen molar-refractivity contribution in [2.24, 2.45) is 5.92 Å². The first kappa shape index (κ1) is 14.7. The summed E-state index contributed by atoms with van der Waals surface area (Å²) in [6.45, 7) is 6.48. The topological polar surface area (TPSA) is 37.8 Å². The van der Waals surface area contributed by atoms with Gasteiger partial charge in [-0.25, -0.2) is 9.97 Å². The molecule has 1 aromatic heterocycles. The fourth-order valence-corrected chi connectivity index (χ4v) is 1.61. The van der Waals surface area contributed by atoms with Crippen molar-refractivity contribution in [2.45, 2.75) is 39.8 Å². The first-order chi connectivity index (χ1) is 8.30. The Hall–Kier alpha value is -1.33. The molecule has 0 unspecified atom stereocenters. The van der Waals surface area contributed by atoms with E-state index in [0.29, 0.717) is 30.4 Å². The Kier molecular flexibility index (Phi) is 4.93. The predicted octanol–water partition coefficient (Wildman–Crippen LogP) is 3.21. The molecule has 1 aromatic rings. The van der Waals surface area contributed by atoms with Crippen LogP contribution in [0, 0.1) is 5.92 Å². The van der Waals surface area contributed by atoms with E-state index < -0.39 is 12.6 Å². The summed E-state index contributed by atoms with van der Waals surface area (Å²) in [5.41, 5.74) is 0.648. The summed E-state index contributed by atoms with van der Waals surface area (Å²) in [7, 11) is 0. The van der Waals surface area contributed by atoms with Crippen molar-refractivity contribution < 1.29 is 13.2 Å². The van der Waals surface area contributed by atoms with E-state index in [2.05, 4.69) is 15.3 Å². The van der Waals surface area contributed by atoms with E-state index >= 15 is 0 Å². The standard InChI is InChI=1S/C12H18F3N3/c1-4-16-10-6-9(5-8(2)3)17-11(18-10)7-12(13,14)15/h6,8H,4-5,7H2,1-3H3,(H,16,17,18). The van der Waals surface area contributed by atoms with Crippen LogP contribution in [0.1, 0.15) is 32.3 Å². The van der Waals surface area contributed by atoms with Crippen LogP contribution in [0.2, 0.25) is 0 Å². The highest BCUT2D eigenvalue weighted by Crippen LogP contribution is 2.21. The molecule has 1 heterocycles. The van der Waals surface area contributed by atoms with Gasteiger partial charge in [-0.3, -0.25) is 0 Å². The smallest absolute Gasteiger partial charge is 0.370 e. The number of nitrogens with one attached hydrogen (secondary N) is 1. The number of halogens is 3. The van der Waals surface area contributed by atoms with Gasteiger partial charge in [-0.05, 0) is 19.3 Å². The maximum atomic E-state index is 12.4. The summed E-state index contributed by atoms with van der Waals surface area (Å²) in [5.74, 6) is 0.632. The van der Waals surface area contributed by atoms with Crippen LogP contribution in [0.15, 0.2) is 6.07 Å². The maximum Gasteiger partial charge on any atom is 0.396 e. The van der Waals surface area contributed by atoms with Gasteiger partial charge in [0.15, 0.2) is 0 Å². The highest BCUT2D eigenvalue weighted by atomic mass is 19.4. The summed E-state index contributed by atoms with van der Waals surface area (Å²) >= 11 is 0.